The zero-order valence-electron chi connectivity index (χ0n) is 13.3. The lowest BCUT2D eigenvalue weighted by Gasteiger charge is -2.14. The number of rotatable bonds is 4. The van der Waals surface area contributed by atoms with Gasteiger partial charge in [0.05, 0.1) is 10.6 Å². The van der Waals surface area contributed by atoms with Crippen molar-refractivity contribution >= 4 is 33.1 Å². The molecule has 24 heavy (non-hydrogen) atoms. The molecule has 8 heteroatoms. The summed E-state index contributed by atoms with van der Waals surface area (Å²) in [5.41, 5.74) is 12.2. The Labute approximate surface area is 140 Å². The predicted octanol–water partition coefficient (Wildman–Crippen LogP) is 1.56. The highest BCUT2D eigenvalue weighted by Gasteiger charge is 2.19. The fourth-order valence-electron chi connectivity index (χ4n) is 2.18. The molecule has 2 aromatic rings. The van der Waals surface area contributed by atoms with Gasteiger partial charge in [0, 0.05) is 17.5 Å². The number of aliphatic imine (C=N–C) groups is 1. The minimum Gasteiger partial charge on any atom is -0.370 e. The molecule has 7 nitrogen and oxygen atoms in total. The predicted molar refractivity (Wildman–Crippen MR) is 94.2 cm³/mol. The first-order valence-electron chi connectivity index (χ1n) is 6.99. The van der Waals surface area contributed by atoms with Gasteiger partial charge < -0.3 is 16.8 Å². The largest absolute Gasteiger partial charge is 0.370 e. The Hall–Kier alpha value is -2.87. The molecule has 0 unspecified atom stereocenters. The van der Waals surface area contributed by atoms with Crippen LogP contribution in [-0.4, -0.2) is 26.5 Å². The van der Waals surface area contributed by atoms with Crippen molar-refractivity contribution in [3.05, 3.63) is 53.6 Å². The Morgan fingerprint density at radius 1 is 1.12 bits per heavy atom. The van der Waals surface area contributed by atoms with Gasteiger partial charge >= 0.3 is 0 Å². The van der Waals surface area contributed by atoms with E-state index in [1.165, 1.54) is 6.07 Å². The second kappa shape index (κ2) is 6.71. The highest BCUT2D eigenvalue weighted by Crippen LogP contribution is 2.29. The minimum absolute atomic E-state index is 0.00824. The summed E-state index contributed by atoms with van der Waals surface area (Å²) in [5, 5.41) is 3.05. The molecule has 1 amide bonds. The van der Waals surface area contributed by atoms with E-state index in [4.69, 9.17) is 11.5 Å². The highest BCUT2D eigenvalue weighted by atomic mass is 32.2. The number of carbonyl (C=O) groups excluding carboxylic acids is 1. The van der Waals surface area contributed by atoms with Gasteiger partial charge in [0.2, 0.25) is 0 Å². The molecule has 0 aromatic heterocycles. The summed E-state index contributed by atoms with van der Waals surface area (Å²) < 4.78 is 24.2. The molecule has 0 aliphatic carbocycles. The minimum atomic E-state index is -3.58. The molecule has 2 aromatic carbocycles. The fraction of sp³-hybridized carbons (Fsp3) is 0.125. The normalized spacial score (nSPS) is 10.9. The van der Waals surface area contributed by atoms with E-state index in [0.29, 0.717) is 11.3 Å². The van der Waals surface area contributed by atoms with Crippen molar-refractivity contribution in [2.45, 2.75) is 11.8 Å². The van der Waals surface area contributed by atoms with Crippen molar-refractivity contribution in [1.29, 1.82) is 0 Å². The molecule has 0 aliphatic heterocycles. The lowest BCUT2D eigenvalue weighted by molar-refractivity contribution is 0.100. The first kappa shape index (κ1) is 17.5. The maximum atomic E-state index is 12.1. The van der Waals surface area contributed by atoms with E-state index in [9.17, 15) is 13.2 Å². The average Bonchev–Trinajstić information content (AvgIpc) is 2.46. The monoisotopic (exact) mass is 346 g/mol. The Morgan fingerprint density at radius 3 is 2.29 bits per heavy atom. The molecule has 0 bridgehead atoms. The van der Waals surface area contributed by atoms with E-state index in [0.717, 1.165) is 11.9 Å². The van der Waals surface area contributed by atoms with Gasteiger partial charge in [0.1, 0.15) is 0 Å². The van der Waals surface area contributed by atoms with Crippen molar-refractivity contribution in [3.8, 4) is 0 Å². The van der Waals surface area contributed by atoms with Crippen LogP contribution in [0.5, 0.6) is 0 Å². The van der Waals surface area contributed by atoms with Gasteiger partial charge in [-0.1, -0.05) is 18.2 Å². The van der Waals surface area contributed by atoms with Gasteiger partial charge in [-0.05, 0) is 36.8 Å². The zero-order valence-corrected chi connectivity index (χ0v) is 14.1. The quantitative estimate of drug-likeness (QED) is 0.569. The summed E-state index contributed by atoms with van der Waals surface area (Å²) in [7, 11) is -3.58. The Morgan fingerprint density at radius 2 is 1.75 bits per heavy atom. The van der Waals surface area contributed by atoms with E-state index >= 15 is 0 Å². The van der Waals surface area contributed by atoms with Gasteiger partial charge in [-0.15, -0.1) is 0 Å². The second-order valence-electron chi connectivity index (χ2n) is 5.27. The Balaban J connectivity index is 2.58. The summed E-state index contributed by atoms with van der Waals surface area (Å²) >= 11 is 0. The highest BCUT2D eigenvalue weighted by molar-refractivity contribution is 7.90. The van der Waals surface area contributed by atoms with E-state index in [-0.39, 0.29) is 16.4 Å². The number of hydrogen-bond acceptors (Lipinski definition) is 4. The number of nitrogens with two attached hydrogens (primary N) is 2. The van der Waals surface area contributed by atoms with Crippen LogP contribution in [0.15, 0.2) is 52.4 Å². The molecule has 0 spiro atoms. The fourth-order valence-corrected chi connectivity index (χ4v) is 3.02. The second-order valence-corrected chi connectivity index (χ2v) is 7.25. The smallest absolute Gasteiger partial charge is 0.280 e. The average molecular weight is 346 g/mol. The maximum Gasteiger partial charge on any atom is 0.280 e. The molecular weight excluding hydrogens is 328 g/mol. The van der Waals surface area contributed by atoms with Crippen LogP contribution in [0.4, 0.5) is 11.4 Å². The molecule has 0 atom stereocenters. The maximum absolute atomic E-state index is 12.1. The third kappa shape index (κ3) is 4.11. The van der Waals surface area contributed by atoms with E-state index in [2.05, 4.69) is 10.3 Å². The van der Waals surface area contributed by atoms with Crippen LogP contribution in [0.3, 0.4) is 0 Å². The van der Waals surface area contributed by atoms with Crippen LogP contribution >= 0.6 is 0 Å². The number of sulfone groups is 1. The molecule has 0 fully saturated rings. The molecular formula is C16H18N4O3S. The lowest BCUT2D eigenvalue weighted by Crippen LogP contribution is -2.24. The number of anilines is 2. The van der Waals surface area contributed by atoms with Crippen LogP contribution < -0.4 is 16.8 Å². The van der Waals surface area contributed by atoms with Crippen molar-refractivity contribution < 1.29 is 13.2 Å². The molecule has 0 radical (unpaired) electrons. The number of carbonyl (C=O) groups is 1. The van der Waals surface area contributed by atoms with Crippen LogP contribution in [0.2, 0.25) is 0 Å². The molecule has 0 heterocycles. The summed E-state index contributed by atoms with van der Waals surface area (Å²) in [6.45, 7) is 1.68. The van der Waals surface area contributed by atoms with Crippen molar-refractivity contribution in [2.24, 2.45) is 16.5 Å². The third-order valence-corrected chi connectivity index (χ3v) is 4.38. The number of guanidine groups is 1. The van der Waals surface area contributed by atoms with Crippen LogP contribution in [-0.2, 0) is 9.84 Å². The first-order valence-corrected chi connectivity index (χ1v) is 8.88. The Kier molecular flexibility index (Phi) is 4.89. The Bertz CT molecular complexity index is 902. The standard InChI is InChI=1S/C16H18N4O3S/c1-10-8-13(19-11-6-4-3-5-7-11)14(24(2,22)23)9-12(10)15(21)20-16(17)18/h3-9,19H,1-2H3,(H4,17,18,20,21). The van der Waals surface area contributed by atoms with Crippen molar-refractivity contribution in [1.82, 2.24) is 0 Å². The SMILES string of the molecule is Cc1cc(Nc2ccccc2)c(S(C)(=O)=O)cc1C(=O)N=C(N)N. The number of benzene rings is 2. The van der Waals surface area contributed by atoms with Gasteiger partial charge in [-0.25, -0.2) is 8.42 Å². The number of amides is 1. The summed E-state index contributed by atoms with van der Waals surface area (Å²) in [4.78, 5) is 15.5. The number of nitrogens with one attached hydrogen (secondary N) is 1. The number of para-hydroxylation sites is 1. The van der Waals surface area contributed by atoms with E-state index in [1.54, 1.807) is 25.1 Å². The number of nitrogens with zero attached hydrogens (tertiary/aromatic N) is 1. The summed E-state index contributed by atoms with van der Waals surface area (Å²) in [5.74, 6) is -1.07. The van der Waals surface area contributed by atoms with Gasteiger partial charge in [0.25, 0.3) is 5.91 Å². The molecule has 0 aliphatic rings. The molecule has 2 rings (SSSR count). The molecule has 0 saturated heterocycles. The third-order valence-electron chi connectivity index (χ3n) is 3.24. The number of aryl methyl sites for hydroxylation is 1. The molecule has 0 saturated carbocycles. The van der Waals surface area contributed by atoms with Gasteiger partial charge in [-0.2, -0.15) is 4.99 Å². The van der Waals surface area contributed by atoms with Crippen molar-refractivity contribution in [2.75, 3.05) is 11.6 Å². The summed E-state index contributed by atoms with van der Waals surface area (Å²) in [6.07, 6.45) is 1.07. The topological polar surface area (TPSA) is 128 Å². The molecule has 5 N–H and O–H groups in total. The summed E-state index contributed by atoms with van der Waals surface area (Å²) in [6, 6.07) is 12.0. The first-order chi connectivity index (χ1) is 11.2. The lowest BCUT2D eigenvalue weighted by atomic mass is 10.1. The van der Waals surface area contributed by atoms with Crippen LogP contribution in [0, 0.1) is 6.92 Å². The van der Waals surface area contributed by atoms with Crippen LogP contribution in [0.25, 0.3) is 0 Å². The van der Waals surface area contributed by atoms with Gasteiger partial charge in [0.15, 0.2) is 15.8 Å². The number of hydrogen-bond donors (Lipinski definition) is 3. The molecule has 126 valence electrons. The van der Waals surface area contributed by atoms with Gasteiger partial charge in [-0.3, -0.25) is 4.79 Å². The van der Waals surface area contributed by atoms with Crippen LogP contribution in [0.1, 0.15) is 15.9 Å². The van der Waals surface area contributed by atoms with Crippen molar-refractivity contribution in [3.63, 3.8) is 0 Å². The van der Waals surface area contributed by atoms with E-state index < -0.39 is 15.7 Å². The van der Waals surface area contributed by atoms with E-state index in [1.807, 2.05) is 18.2 Å². The zero-order chi connectivity index (χ0) is 17.9.